The van der Waals surface area contributed by atoms with Crippen molar-refractivity contribution in [3.8, 4) is 33.3 Å². The first-order valence-corrected chi connectivity index (χ1v) is 21.5. The number of thiazole rings is 1. The van der Waals surface area contributed by atoms with E-state index in [-0.39, 0.29) is 79.2 Å². The van der Waals surface area contributed by atoms with Crippen LogP contribution in [0.4, 0.5) is 5.82 Å². The molecule has 3 aromatic heterocycles. The van der Waals surface area contributed by atoms with Crippen LogP contribution in [0.15, 0.2) is 70.7 Å². The number of carboxylic acids is 1. The number of likely N-dealkylation sites (tertiary alicyclic amines) is 1. The lowest BCUT2D eigenvalue weighted by molar-refractivity contribution is -0.146. The molecule has 17 heteroatoms. The molecule has 1 aliphatic carbocycles. The van der Waals surface area contributed by atoms with Crippen LogP contribution in [-0.2, 0) is 14.4 Å². The quantitative estimate of drug-likeness (QED) is 0.0770. The topological polar surface area (TPSA) is 225 Å². The first-order valence-electron chi connectivity index (χ1n) is 20.6. The summed E-state index contributed by atoms with van der Waals surface area (Å²) < 4.78 is 11.6. The fraction of sp³-hybridized carbons (Fsp3) is 0.432. The highest BCUT2D eigenvalue weighted by molar-refractivity contribution is 7.13. The third kappa shape index (κ3) is 8.41. The Morgan fingerprint density at radius 1 is 1.10 bits per heavy atom. The lowest BCUT2D eigenvalue weighted by atomic mass is 9.72. The number of hydrogen-bond donors (Lipinski definition) is 6. The first-order chi connectivity index (χ1) is 29.3. The summed E-state index contributed by atoms with van der Waals surface area (Å²) in [6, 6.07) is 17.0. The molecule has 61 heavy (non-hydrogen) atoms. The monoisotopic (exact) mass is 850 g/mol. The van der Waals surface area contributed by atoms with Crippen molar-refractivity contribution in [3.63, 3.8) is 0 Å². The molecule has 5 heterocycles. The summed E-state index contributed by atoms with van der Waals surface area (Å²) >= 11 is 1.57. The zero-order valence-corrected chi connectivity index (χ0v) is 35.2. The highest BCUT2D eigenvalue weighted by Gasteiger charge is 2.50. The van der Waals surface area contributed by atoms with E-state index in [2.05, 4.69) is 36.3 Å². The molecule has 3 aliphatic rings. The van der Waals surface area contributed by atoms with E-state index in [0.717, 1.165) is 27.3 Å². The van der Waals surface area contributed by atoms with Crippen LogP contribution in [-0.4, -0.2) is 102 Å². The predicted molar refractivity (Wildman–Crippen MR) is 226 cm³/mol. The summed E-state index contributed by atoms with van der Waals surface area (Å²) in [7, 11) is 0. The molecule has 3 unspecified atom stereocenters. The van der Waals surface area contributed by atoms with Crippen LogP contribution in [0.2, 0.25) is 0 Å². The van der Waals surface area contributed by atoms with Gasteiger partial charge in [-0.05, 0) is 73.5 Å². The number of aliphatic hydroxyl groups excluding tert-OH is 1. The number of aromatic nitrogens is 4. The number of fused-ring (bicyclic) bond motifs is 3. The molecule has 1 saturated carbocycles. The number of amides is 2. The van der Waals surface area contributed by atoms with Gasteiger partial charge in [0.2, 0.25) is 11.8 Å². The lowest BCUT2D eigenvalue weighted by Gasteiger charge is -2.40. The molecular weight excluding hydrogens is 801 g/mol. The smallest absolute Gasteiger partial charge is 0.323 e. The van der Waals surface area contributed by atoms with Gasteiger partial charge in [0.25, 0.3) is 5.88 Å². The Kier molecular flexibility index (Phi) is 11.8. The minimum Gasteiger partial charge on any atom is -0.507 e. The summed E-state index contributed by atoms with van der Waals surface area (Å²) in [5.41, 5.74) is 5.41. The van der Waals surface area contributed by atoms with Gasteiger partial charge in [-0.25, -0.2) is 4.98 Å². The van der Waals surface area contributed by atoms with E-state index >= 15 is 0 Å². The molecule has 8 rings (SSSR count). The Balaban J connectivity index is 0.881. The summed E-state index contributed by atoms with van der Waals surface area (Å²) in [6.07, 6.45) is 0.494. The van der Waals surface area contributed by atoms with Gasteiger partial charge in [0.15, 0.2) is 11.6 Å². The van der Waals surface area contributed by atoms with Crippen LogP contribution in [0.3, 0.4) is 0 Å². The van der Waals surface area contributed by atoms with Gasteiger partial charge in [-0.15, -0.1) is 21.5 Å². The van der Waals surface area contributed by atoms with Gasteiger partial charge in [-0.2, -0.15) is 0 Å². The molecule has 1 saturated heterocycles. The van der Waals surface area contributed by atoms with Crippen molar-refractivity contribution in [2.45, 2.75) is 95.0 Å². The standard InChI is InChI=1S/C44H50N8O8S/c1-23(2)38(42(56)52-21-28(53)17-34(52)41(55)47-24(3)26-9-11-27(12-10-26)39-25(4)45-22-61-39)36-19-37(51-60-36)59-16-15-46-44(43(57)58)14-13-32-31(20-44)30-18-33(49-50-40(30)48-32)29-7-5-6-8-35(29)54/h5-12,18-19,22-24,28,31-32,34,38,46,53-54H,13-17,20-21H2,1-4H3,(H,47,55)(H,48,50)(H,57,58)/t24-,28+,31?,32?,34-,38?,44-/m0/s1. The van der Waals surface area contributed by atoms with Crippen molar-refractivity contribution in [3.05, 3.63) is 88.8 Å². The Morgan fingerprint density at radius 3 is 2.61 bits per heavy atom. The maximum atomic E-state index is 14.2. The molecule has 16 nitrogen and oxygen atoms in total. The van der Waals surface area contributed by atoms with Crippen molar-refractivity contribution in [2.75, 3.05) is 25.0 Å². The number of phenols is 1. The van der Waals surface area contributed by atoms with E-state index in [1.54, 1.807) is 35.6 Å². The molecule has 7 atom stereocenters. The number of para-hydroxylation sites is 1. The molecule has 2 amide bonds. The van der Waals surface area contributed by atoms with Crippen molar-refractivity contribution in [1.29, 1.82) is 0 Å². The molecule has 6 N–H and O–H groups in total. The Hall–Kier alpha value is -5.91. The largest absolute Gasteiger partial charge is 0.507 e. The van der Waals surface area contributed by atoms with Gasteiger partial charge < -0.3 is 40.1 Å². The van der Waals surface area contributed by atoms with Crippen LogP contribution in [0.1, 0.15) is 86.9 Å². The summed E-state index contributed by atoms with van der Waals surface area (Å²) in [4.78, 5) is 47.6. The zero-order chi connectivity index (χ0) is 43.0. The second-order valence-corrected chi connectivity index (χ2v) is 17.5. The second kappa shape index (κ2) is 17.2. The molecule has 0 radical (unpaired) electrons. The Labute approximate surface area is 356 Å². The number of nitrogens with one attached hydrogen (secondary N) is 3. The summed E-state index contributed by atoms with van der Waals surface area (Å²) in [5, 5.41) is 54.1. The lowest BCUT2D eigenvalue weighted by Crippen LogP contribution is -2.57. The molecule has 0 bridgehead atoms. The van der Waals surface area contributed by atoms with E-state index in [4.69, 9.17) is 9.26 Å². The molecule has 2 aliphatic heterocycles. The van der Waals surface area contributed by atoms with Gasteiger partial charge in [0.05, 0.1) is 33.9 Å². The van der Waals surface area contributed by atoms with E-state index in [1.807, 2.05) is 69.6 Å². The average molecular weight is 851 g/mol. The van der Waals surface area contributed by atoms with Gasteiger partial charge in [-0.3, -0.25) is 19.7 Å². The maximum Gasteiger partial charge on any atom is 0.323 e. The van der Waals surface area contributed by atoms with Crippen molar-refractivity contribution in [1.82, 2.24) is 35.9 Å². The number of ether oxygens (including phenoxy) is 1. The molecule has 5 aromatic rings. The minimum absolute atomic E-state index is 0.000339. The van der Waals surface area contributed by atoms with E-state index in [0.29, 0.717) is 36.3 Å². The number of nitrogens with zero attached hydrogens (tertiary/aromatic N) is 5. The average Bonchev–Trinajstić information content (AvgIpc) is 4.05. The summed E-state index contributed by atoms with van der Waals surface area (Å²) in [5.74, 6) is -1.81. The zero-order valence-electron chi connectivity index (χ0n) is 34.4. The second-order valence-electron chi connectivity index (χ2n) is 16.6. The number of carboxylic acid groups (broad SMARTS) is 1. The Bertz CT molecular complexity index is 2400. The molecule has 0 spiro atoms. The van der Waals surface area contributed by atoms with Crippen LogP contribution in [0, 0.1) is 12.8 Å². The van der Waals surface area contributed by atoms with Gasteiger partial charge in [0, 0.05) is 48.7 Å². The van der Waals surface area contributed by atoms with Gasteiger partial charge in [-0.1, -0.05) is 50.2 Å². The van der Waals surface area contributed by atoms with Crippen LogP contribution in [0.25, 0.3) is 21.7 Å². The predicted octanol–water partition coefficient (Wildman–Crippen LogP) is 5.40. The third-order valence-corrected chi connectivity index (χ3v) is 13.3. The number of rotatable bonds is 14. The fourth-order valence-corrected chi connectivity index (χ4v) is 9.81. The molecule has 320 valence electrons. The van der Waals surface area contributed by atoms with E-state index < -0.39 is 29.6 Å². The van der Waals surface area contributed by atoms with E-state index in [9.17, 15) is 29.7 Å². The van der Waals surface area contributed by atoms with Crippen LogP contribution < -0.4 is 20.7 Å². The number of aromatic hydroxyl groups is 1. The SMILES string of the molecule is Cc1ncsc1-c1ccc([C@H](C)NC(=O)[C@@H]2C[C@@H](O)CN2C(=O)C(c2cc(OCCN[C@@]3(C(=O)O)CCC4Nc5nnc(-c6ccccc6O)cc5C4C3)no2)C(C)C)cc1. The minimum atomic E-state index is -1.23. The normalized spacial score (nSPS) is 22.9. The Morgan fingerprint density at radius 2 is 1.89 bits per heavy atom. The van der Waals surface area contributed by atoms with Crippen molar-refractivity contribution in [2.24, 2.45) is 5.92 Å². The fourth-order valence-electron chi connectivity index (χ4n) is 9.00. The molecular formula is C44H50N8O8S. The van der Waals surface area contributed by atoms with Crippen LogP contribution in [0.5, 0.6) is 11.6 Å². The number of aryl methyl sites for hydroxylation is 1. The van der Waals surface area contributed by atoms with Gasteiger partial charge >= 0.3 is 5.97 Å². The number of aliphatic hydroxyl groups is 1. The number of anilines is 1. The number of hydrogen-bond acceptors (Lipinski definition) is 14. The first kappa shape index (κ1) is 41.8. The van der Waals surface area contributed by atoms with Crippen LogP contribution >= 0.6 is 11.3 Å². The van der Waals surface area contributed by atoms with E-state index in [1.165, 1.54) is 4.90 Å². The van der Waals surface area contributed by atoms with Gasteiger partial charge in [0.1, 0.15) is 29.9 Å². The summed E-state index contributed by atoms with van der Waals surface area (Å²) in [6.45, 7) is 7.85. The number of carbonyl (C=O) groups excluding carboxylic acids is 2. The maximum absolute atomic E-state index is 14.2. The number of β-amino-alcohol motifs (C(OH)–C–C–N with tert-alkyl or cyclic N) is 1. The highest BCUT2D eigenvalue weighted by Crippen LogP contribution is 2.47. The number of phenolic OH excluding ortho intramolecular Hbond substituents is 1. The molecule has 2 fully saturated rings. The number of benzene rings is 2. The highest BCUT2D eigenvalue weighted by atomic mass is 32.1. The number of aliphatic carboxylic acids is 1. The molecule has 2 aromatic carbocycles. The van der Waals surface area contributed by atoms with Crippen molar-refractivity contribution < 1.29 is 39.0 Å². The van der Waals surface area contributed by atoms with Crippen molar-refractivity contribution >= 4 is 34.9 Å². The number of carbonyl (C=O) groups is 3. The third-order valence-electron chi connectivity index (χ3n) is 12.3.